The van der Waals surface area contributed by atoms with Crippen LogP contribution in [-0.4, -0.2) is 127 Å². The Morgan fingerprint density at radius 1 is 0.575 bits per heavy atom. The van der Waals surface area contributed by atoms with Crippen LogP contribution in [0, 0.1) is 0 Å². The van der Waals surface area contributed by atoms with Gasteiger partial charge in [-0.05, 0) is 64.5 Å². The molecular weight excluding hydrogens is 1510 g/mol. The Kier molecular flexibility index (Phi) is 47.4. The van der Waals surface area contributed by atoms with Crippen LogP contribution in [-0.2, 0) is 72.0 Å². The molecule has 606 valence electrons. The Balaban J connectivity index is 2.38. The van der Waals surface area contributed by atoms with Gasteiger partial charge >= 0.3 is 37.8 Å². The summed E-state index contributed by atoms with van der Waals surface area (Å²) < 4.78 is 66.0. The predicted molar refractivity (Wildman–Crippen MR) is 415 cm³/mol. The number of rotatable bonds is 57. The minimum absolute atomic E-state index is 0.0337. The maximum Gasteiger partial charge on any atom is 0.509 e. The zero-order valence-corrected chi connectivity index (χ0v) is 68.8. The lowest BCUT2D eigenvalue weighted by molar-refractivity contribution is -0.330. The van der Waals surface area contributed by atoms with Crippen molar-refractivity contribution >= 4 is 119 Å². The van der Waals surface area contributed by atoms with Crippen LogP contribution in [0.25, 0.3) is 0 Å². The second-order valence-corrected chi connectivity index (χ2v) is 34.7. The lowest BCUT2D eigenvalue weighted by Gasteiger charge is -2.56. The molecule has 1 fully saturated rings. The number of ether oxygens (including phenoxy) is 9. The first kappa shape index (κ1) is 96.1. The van der Waals surface area contributed by atoms with Gasteiger partial charge in [0.15, 0.2) is 11.7 Å². The molecule has 106 heavy (non-hydrogen) atoms. The van der Waals surface area contributed by atoms with Crippen molar-refractivity contribution in [1.29, 1.82) is 0 Å². The molecule has 8 atom stereocenters. The van der Waals surface area contributed by atoms with Crippen LogP contribution in [0.4, 0.5) is 9.59 Å². The number of carbonyl (C=O) groups excluding carboxylic acids is 7. The number of benzene rings is 2. The van der Waals surface area contributed by atoms with E-state index in [0.29, 0.717) is 32.1 Å². The maximum atomic E-state index is 15.6. The standard InChI is InChI=1S/C77H122Cl6N3O19P/c1-7-11-15-19-23-25-29-31-39-49-60(100-65(88)51-43-33-27-21-17-13-9-3)53-64(87)85-62(70(84)91)55-99-76(106(94,95)96)68(86-71(92)98-57-74(78,79)80)69(102-67(90)54-61(50-40-32-30-26-24-20-16-12-8-2)101-66(89)52-44-34-28-22-18-14-10-4)75(58-45-37-35-38-46-58,103-59-47-41-36-42-48-59)63(104-76)56-97-72(93)105-73(5,6)77(81,82)83/h35-38,41-42,45-48,60-63,68-69H,7-34,39-40,43-44,49-57H2,1-6H3,(H2,84,91)(H,85,87)(H,86,92)(H2,94,95,96)/t60-,61-,62+,63-,68-,69-,75-,76+/m1/s1. The third-order valence-electron chi connectivity index (χ3n) is 18.6. The Morgan fingerprint density at radius 3 is 1.42 bits per heavy atom. The SMILES string of the molecule is CCCCCCCCCCC[C@H](CC(=O)N[C@@H](CO[C@]1(P(=O)(O)O)O[C@H](COC(=O)OC(C)(C)C(Cl)(Cl)Cl)[C@](Oc2ccccc2)(c2ccccc2)[C@H](OC(=O)C[C@@H](CCCCCCCCCCC)OC(=O)CCCCCCCCC)[C@H]1NC(=O)OCC(Cl)(Cl)Cl)C(N)=O)OC(=O)CCCCCCCCC. The summed E-state index contributed by atoms with van der Waals surface area (Å²) in [5, 5.41) is 4.82. The molecule has 0 saturated carbocycles. The quantitative estimate of drug-likeness (QED) is 0.0135. The molecule has 0 unspecified atom stereocenters. The van der Waals surface area contributed by atoms with Gasteiger partial charge in [0.2, 0.25) is 25.0 Å². The molecule has 1 saturated heterocycles. The largest absolute Gasteiger partial charge is 0.509 e. The zero-order chi connectivity index (χ0) is 78.5. The van der Waals surface area contributed by atoms with E-state index in [1.165, 1.54) is 56.7 Å². The summed E-state index contributed by atoms with van der Waals surface area (Å²) in [4.78, 5) is 124. The molecule has 0 aromatic heterocycles. The molecule has 1 aliphatic heterocycles. The van der Waals surface area contributed by atoms with Crippen molar-refractivity contribution in [3.05, 3.63) is 66.2 Å². The Labute approximate surface area is 660 Å². The Hall–Kier alpha value is -4.06. The normalized spacial score (nSPS) is 18.5. The number of unbranched alkanes of at least 4 members (excludes halogenated alkanes) is 28. The van der Waals surface area contributed by atoms with E-state index in [9.17, 15) is 38.6 Å². The van der Waals surface area contributed by atoms with E-state index >= 15 is 9.36 Å². The van der Waals surface area contributed by atoms with Gasteiger partial charge in [0.25, 0.3) is 5.53 Å². The average Bonchev–Trinajstić information content (AvgIpc) is 0.700. The lowest BCUT2D eigenvalue weighted by Crippen LogP contribution is -2.77. The van der Waals surface area contributed by atoms with Gasteiger partial charge in [-0.1, -0.05) is 326 Å². The zero-order valence-electron chi connectivity index (χ0n) is 63.4. The van der Waals surface area contributed by atoms with E-state index in [0.717, 1.165) is 167 Å². The third kappa shape index (κ3) is 37.3. The van der Waals surface area contributed by atoms with Gasteiger partial charge in [-0.3, -0.25) is 28.5 Å². The van der Waals surface area contributed by atoms with Gasteiger partial charge in [-0.15, -0.1) is 0 Å². The number of hydrogen-bond acceptors (Lipinski definition) is 17. The van der Waals surface area contributed by atoms with Gasteiger partial charge in [-0.2, -0.15) is 0 Å². The van der Waals surface area contributed by atoms with Gasteiger partial charge in [0, 0.05) is 18.4 Å². The number of amides is 3. The number of esters is 3. The predicted octanol–water partition coefficient (Wildman–Crippen LogP) is 19.6. The summed E-state index contributed by atoms with van der Waals surface area (Å²) in [5.74, 6) is -4.59. The lowest BCUT2D eigenvalue weighted by atomic mass is 9.76. The molecule has 0 spiro atoms. The number of primary amides is 1. The number of hydrogen-bond donors (Lipinski definition) is 5. The average molecular weight is 1640 g/mol. The van der Waals surface area contributed by atoms with Crippen molar-refractivity contribution in [2.45, 2.75) is 346 Å². The second-order valence-electron chi connectivity index (χ2n) is 28.2. The molecule has 2 aromatic carbocycles. The maximum absolute atomic E-state index is 15.6. The van der Waals surface area contributed by atoms with Crippen LogP contribution in [0.15, 0.2) is 60.7 Å². The van der Waals surface area contributed by atoms with E-state index in [2.05, 4.69) is 38.3 Å². The number of carbonyl (C=O) groups is 7. The van der Waals surface area contributed by atoms with Crippen molar-refractivity contribution in [3.63, 3.8) is 0 Å². The van der Waals surface area contributed by atoms with Crippen LogP contribution in [0.5, 0.6) is 5.75 Å². The molecule has 6 N–H and O–H groups in total. The fourth-order valence-electron chi connectivity index (χ4n) is 12.5. The highest BCUT2D eigenvalue weighted by molar-refractivity contribution is 7.53. The van der Waals surface area contributed by atoms with E-state index in [1.807, 2.05) is 0 Å². The highest BCUT2D eigenvalue weighted by Gasteiger charge is 2.74. The summed E-state index contributed by atoms with van der Waals surface area (Å²) in [7, 11) is -6.45. The van der Waals surface area contributed by atoms with Crippen molar-refractivity contribution < 1.29 is 90.5 Å². The van der Waals surface area contributed by atoms with Crippen molar-refractivity contribution in [1.82, 2.24) is 10.6 Å². The summed E-state index contributed by atoms with van der Waals surface area (Å²) >= 11 is 37.0. The van der Waals surface area contributed by atoms with Crippen LogP contribution in [0.1, 0.15) is 291 Å². The molecule has 2 aromatic rings. The fraction of sp³-hybridized carbons (Fsp3) is 0.753. The van der Waals surface area contributed by atoms with E-state index in [-0.39, 0.29) is 37.0 Å². The van der Waals surface area contributed by atoms with E-state index in [4.69, 9.17) is 118 Å². The Bertz CT molecular complexity index is 2880. The number of alkyl carbamates (subject to hydrolysis) is 1. The molecule has 0 bridgehead atoms. The first-order chi connectivity index (χ1) is 50.4. The number of alkyl halides is 6. The van der Waals surface area contributed by atoms with Gasteiger partial charge < -0.3 is 68.8 Å². The smallest absolute Gasteiger partial charge is 0.476 e. The molecule has 0 aliphatic carbocycles. The molecule has 1 heterocycles. The monoisotopic (exact) mass is 1630 g/mol. The van der Waals surface area contributed by atoms with E-state index in [1.54, 1.807) is 24.3 Å². The highest BCUT2D eigenvalue weighted by Crippen LogP contribution is 2.61. The molecular formula is C77H122Cl6N3O19P. The Morgan fingerprint density at radius 2 is 1.00 bits per heavy atom. The molecule has 1 aliphatic rings. The summed E-state index contributed by atoms with van der Waals surface area (Å²) in [6.45, 7) is 7.54. The molecule has 0 radical (unpaired) electrons. The minimum atomic E-state index is -6.45. The highest BCUT2D eigenvalue weighted by atomic mass is 35.6. The van der Waals surface area contributed by atoms with Crippen LogP contribution in [0.3, 0.4) is 0 Å². The third-order valence-corrected chi connectivity index (χ3v) is 21.6. The van der Waals surface area contributed by atoms with Crippen molar-refractivity contribution in [2.75, 3.05) is 19.8 Å². The summed E-state index contributed by atoms with van der Waals surface area (Å²) in [6.07, 6.45) is 19.9. The molecule has 3 rings (SSSR count). The summed E-state index contributed by atoms with van der Waals surface area (Å²) in [5.41, 5.74) is -2.41. The number of nitrogens with two attached hydrogens (primary N) is 1. The first-order valence-electron chi connectivity index (χ1n) is 38.6. The first-order valence-corrected chi connectivity index (χ1v) is 42.5. The van der Waals surface area contributed by atoms with Gasteiger partial charge in [0.05, 0.1) is 19.4 Å². The molecule has 29 heteroatoms. The minimum Gasteiger partial charge on any atom is -0.476 e. The van der Waals surface area contributed by atoms with Crippen LogP contribution in [0.2, 0.25) is 0 Å². The van der Waals surface area contributed by atoms with Gasteiger partial charge in [-0.25, -0.2) is 9.59 Å². The summed E-state index contributed by atoms with van der Waals surface area (Å²) in [6, 6.07) is 10.5. The number of nitrogens with one attached hydrogen (secondary N) is 2. The fourth-order valence-corrected chi connectivity index (χ4v) is 13.9. The second kappa shape index (κ2) is 52.2. The van der Waals surface area contributed by atoms with E-state index < -0.39 is 143 Å². The number of halogens is 6. The number of para-hydroxylation sites is 1. The van der Waals surface area contributed by atoms with Crippen molar-refractivity contribution in [2.24, 2.45) is 5.73 Å². The molecule has 3 amide bonds. The topological polar surface area (TPSA) is 310 Å². The van der Waals surface area contributed by atoms with Crippen molar-refractivity contribution in [3.8, 4) is 5.75 Å². The van der Waals surface area contributed by atoms with Crippen LogP contribution < -0.4 is 21.1 Å². The van der Waals surface area contributed by atoms with Gasteiger partial charge in [0.1, 0.15) is 49.4 Å². The van der Waals surface area contributed by atoms with Crippen LogP contribution >= 0.6 is 77.2 Å². The molecule has 22 nitrogen and oxygen atoms in total.